The summed E-state index contributed by atoms with van der Waals surface area (Å²) < 4.78 is 17.5. The van der Waals surface area contributed by atoms with Crippen LogP contribution in [0.2, 0.25) is 0 Å². The number of nitrogens with zero attached hydrogens (tertiary/aromatic N) is 1. The Morgan fingerprint density at radius 2 is 2.28 bits per heavy atom. The molecule has 25 heavy (non-hydrogen) atoms. The minimum Gasteiger partial charge on any atom is -0.493 e. The molecule has 0 N–H and O–H groups in total. The fourth-order valence-electron chi connectivity index (χ4n) is 4.40. The van der Waals surface area contributed by atoms with Gasteiger partial charge in [-0.3, -0.25) is 4.79 Å². The van der Waals surface area contributed by atoms with Crippen LogP contribution in [0.3, 0.4) is 0 Å². The Labute approximate surface area is 148 Å². The molecule has 0 aromatic heterocycles. The fraction of sp³-hybridized carbons (Fsp3) is 0.550. The molecule has 0 radical (unpaired) electrons. The summed E-state index contributed by atoms with van der Waals surface area (Å²) in [5.74, 6) is 1.49. The highest BCUT2D eigenvalue weighted by Crippen LogP contribution is 2.55. The molecule has 0 unspecified atom stereocenters. The Morgan fingerprint density at radius 1 is 1.44 bits per heavy atom. The maximum absolute atomic E-state index is 11.7. The zero-order valence-electron chi connectivity index (χ0n) is 15.1. The van der Waals surface area contributed by atoms with E-state index < -0.39 is 0 Å². The highest BCUT2D eigenvalue weighted by molar-refractivity contribution is 5.69. The third-order valence-electron chi connectivity index (χ3n) is 5.70. The van der Waals surface area contributed by atoms with Crippen LogP contribution in [-0.2, 0) is 21.5 Å². The molecule has 5 heteroatoms. The lowest BCUT2D eigenvalue weighted by molar-refractivity contribution is -0.148. The van der Waals surface area contributed by atoms with E-state index in [0.29, 0.717) is 12.8 Å². The second kappa shape index (κ2) is 6.06. The molecule has 4 rings (SSSR count). The first-order valence-corrected chi connectivity index (χ1v) is 9.01. The van der Waals surface area contributed by atoms with Gasteiger partial charge < -0.3 is 19.1 Å². The van der Waals surface area contributed by atoms with Crippen LogP contribution in [0.15, 0.2) is 24.3 Å². The van der Waals surface area contributed by atoms with Crippen molar-refractivity contribution in [1.29, 1.82) is 0 Å². The zero-order chi connectivity index (χ0) is 17.6. The molecular formula is C20H25NO4. The first kappa shape index (κ1) is 16.5. The highest BCUT2D eigenvalue weighted by atomic mass is 16.6. The lowest BCUT2D eigenvalue weighted by Gasteiger charge is -2.36. The van der Waals surface area contributed by atoms with Crippen molar-refractivity contribution in [3.8, 4) is 11.5 Å². The topological polar surface area (TPSA) is 48.0 Å². The number of methoxy groups -OCH3 is 1. The van der Waals surface area contributed by atoms with Gasteiger partial charge in [0.05, 0.1) is 12.5 Å². The van der Waals surface area contributed by atoms with Crippen LogP contribution in [0.1, 0.15) is 37.3 Å². The summed E-state index contributed by atoms with van der Waals surface area (Å²) in [6, 6.07) is 4.15. The quantitative estimate of drug-likeness (QED) is 0.624. The van der Waals surface area contributed by atoms with Gasteiger partial charge in [0.15, 0.2) is 11.5 Å². The minimum absolute atomic E-state index is 0.0243. The molecule has 2 heterocycles. The van der Waals surface area contributed by atoms with E-state index in [-0.39, 0.29) is 23.6 Å². The summed E-state index contributed by atoms with van der Waals surface area (Å²) in [5.41, 5.74) is 2.41. The number of esters is 1. The second-order valence-electron chi connectivity index (χ2n) is 7.24. The maximum atomic E-state index is 11.7. The van der Waals surface area contributed by atoms with E-state index in [1.165, 1.54) is 11.1 Å². The largest absolute Gasteiger partial charge is 0.493 e. The Bertz CT molecular complexity index is 729. The standard InChI is InChI=1S/C20H25NO4/c1-4-17(22)24-14-7-8-20-9-10-21(2)12-13-5-6-15(23-3)19(18(13)20)25-16(20)11-14/h5-8,14,16H,4,9-12H2,1-3H3/t14-,16-,20-/m0/s1. The van der Waals surface area contributed by atoms with Crippen molar-refractivity contribution < 1.29 is 19.0 Å². The number of carbonyl (C=O) groups excluding carboxylic acids is 1. The average Bonchev–Trinajstić information content (AvgIpc) is 2.87. The van der Waals surface area contributed by atoms with Crippen LogP contribution in [0.5, 0.6) is 11.5 Å². The van der Waals surface area contributed by atoms with E-state index in [2.05, 4.69) is 30.2 Å². The summed E-state index contributed by atoms with van der Waals surface area (Å²) >= 11 is 0. The average molecular weight is 343 g/mol. The summed E-state index contributed by atoms with van der Waals surface area (Å²) in [4.78, 5) is 14.0. The van der Waals surface area contributed by atoms with Gasteiger partial charge >= 0.3 is 5.97 Å². The smallest absolute Gasteiger partial charge is 0.306 e. The van der Waals surface area contributed by atoms with Gasteiger partial charge in [0.1, 0.15) is 12.2 Å². The van der Waals surface area contributed by atoms with Gasteiger partial charge in [0.2, 0.25) is 0 Å². The van der Waals surface area contributed by atoms with Crippen molar-refractivity contribution in [2.75, 3.05) is 20.7 Å². The molecule has 5 nitrogen and oxygen atoms in total. The molecule has 1 aliphatic carbocycles. The summed E-state index contributed by atoms with van der Waals surface area (Å²) in [5, 5.41) is 0. The van der Waals surface area contributed by atoms with E-state index in [1.807, 2.05) is 13.0 Å². The SMILES string of the molecule is CCC(=O)O[C@H]1C=C[C@@]23CCN(C)Cc4ccc(OC)c(c42)O[C@H]3C1. The van der Waals surface area contributed by atoms with Gasteiger partial charge in [-0.05, 0) is 37.7 Å². The van der Waals surface area contributed by atoms with Gasteiger partial charge in [0.25, 0.3) is 0 Å². The van der Waals surface area contributed by atoms with Crippen molar-refractivity contribution in [3.63, 3.8) is 0 Å². The Hall–Kier alpha value is -2.01. The summed E-state index contributed by atoms with van der Waals surface area (Å²) in [6.45, 7) is 3.73. The number of hydrogen-bond acceptors (Lipinski definition) is 5. The van der Waals surface area contributed by atoms with Crippen molar-refractivity contribution in [2.45, 2.75) is 50.4 Å². The molecule has 1 aromatic carbocycles. The van der Waals surface area contributed by atoms with Gasteiger partial charge in [-0.15, -0.1) is 0 Å². The van der Waals surface area contributed by atoms with Gasteiger partial charge in [0, 0.05) is 24.9 Å². The summed E-state index contributed by atoms with van der Waals surface area (Å²) in [6.07, 6.45) is 6.11. The third-order valence-corrected chi connectivity index (χ3v) is 5.70. The molecule has 134 valence electrons. The van der Waals surface area contributed by atoms with Crippen molar-refractivity contribution in [1.82, 2.24) is 4.90 Å². The molecule has 3 aliphatic rings. The van der Waals surface area contributed by atoms with Crippen LogP contribution in [0.4, 0.5) is 0 Å². The predicted octanol–water partition coefficient (Wildman–Crippen LogP) is 2.81. The van der Waals surface area contributed by atoms with Crippen LogP contribution in [0.25, 0.3) is 0 Å². The zero-order valence-corrected chi connectivity index (χ0v) is 15.1. The van der Waals surface area contributed by atoms with Gasteiger partial charge in [-0.25, -0.2) is 0 Å². The minimum atomic E-state index is -0.215. The van der Waals surface area contributed by atoms with E-state index in [0.717, 1.165) is 31.0 Å². The lowest BCUT2D eigenvalue weighted by atomic mass is 9.69. The molecule has 0 fully saturated rings. The number of hydrogen-bond donors (Lipinski definition) is 0. The van der Waals surface area contributed by atoms with E-state index in [9.17, 15) is 4.79 Å². The van der Waals surface area contributed by atoms with E-state index >= 15 is 0 Å². The molecule has 2 aliphatic heterocycles. The first-order chi connectivity index (χ1) is 12.1. The molecule has 1 aromatic rings. The Balaban J connectivity index is 1.77. The van der Waals surface area contributed by atoms with Crippen LogP contribution < -0.4 is 9.47 Å². The molecule has 0 saturated carbocycles. The number of ether oxygens (including phenoxy) is 3. The van der Waals surface area contributed by atoms with E-state index in [4.69, 9.17) is 14.2 Å². The number of rotatable bonds is 3. The van der Waals surface area contributed by atoms with Gasteiger partial charge in [-0.2, -0.15) is 0 Å². The molecule has 0 saturated heterocycles. The van der Waals surface area contributed by atoms with Crippen LogP contribution >= 0.6 is 0 Å². The molecular weight excluding hydrogens is 318 g/mol. The first-order valence-electron chi connectivity index (χ1n) is 9.01. The fourth-order valence-corrected chi connectivity index (χ4v) is 4.40. The Kier molecular flexibility index (Phi) is 3.99. The monoisotopic (exact) mass is 343 g/mol. The van der Waals surface area contributed by atoms with Gasteiger partial charge in [-0.1, -0.05) is 19.1 Å². The Morgan fingerprint density at radius 3 is 3.04 bits per heavy atom. The normalized spacial score (nSPS) is 30.0. The number of benzene rings is 1. The highest BCUT2D eigenvalue weighted by Gasteiger charge is 2.53. The molecule has 0 amide bonds. The van der Waals surface area contributed by atoms with Crippen LogP contribution in [0, 0.1) is 0 Å². The lowest BCUT2D eigenvalue weighted by Crippen LogP contribution is -2.43. The maximum Gasteiger partial charge on any atom is 0.306 e. The summed E-state index contributed by atoms with van der Waals surface area (Å²) in [7, 11) is 3.84. The van der Waals surface area contributed by atoms with Crippen LogP contribution in [-0.4, -0.2) is 43.8 Å². The third kappa shape index (κ3) is 2.53. The van der Waals surface area contributed by atoms with Crippen molar-refractivity contribution >= 4 is 5.97 Å². The predicted molar refractivity (Wildman–Crippen MR) is 94.0 cm³/mol. The van der Waals surface area contributed by atoms with Crippen molar-refractivity contribution in [2.24, 2.45) is 0 Å². The molecule has 3 atom stereocenters. The second-order valence-corrected chi connectivity index (χ2v) is 7.24. The molecule has 0 bridgehead atoms. The van der Waals surface area contributed by atoms with E-state index in [1.54, 1.807) is 7.11 Å². The van der Waals surface area contributed by atoms with Crippen molar-refractivity contribution in [3.05, 3.63) is 35.4 Å². The number of carbonyl (C=O) groups is 1. The molecule has 1 spiro atoms.